The number of piperidine rings is 1. The summed E-state index contributed by atoms with van der Waals surface area (Å²) in [4.78, 5) is 15.9. The van der Waals surface area contributed by atoms with Crippen molar-refractivity contribution in [1.29, 1.82) is 0 Å². The molecule has 4 nitrogen and oxygen atoms in total. The van der Waals surface area contributed by atoms with Crippen LogP contribution in [0.4, 0.5) is 0 Å². The highest BCUT2D eigenvalue weighted by Crippen LogP contribution is 2.34. The van der Waals surface area contributed by atoms with Crippen molar-refractivity contribution in [2.24, 2.45) is 0 Å². The fourth-order valence-corrected chi connectivity index (χ4v) is 2.48. The summed E-state index contributed by atoms with van der Waals surface area (Å²) in [6, 6.07) is 1.07. The van der Waals surface area contributed by atoms with Gasteiger partial charge in [0.1, 0.15) is 0 Å². The molecule has 3 heterocycles. The predicted octanol–water partition coefficient (Wildman–Crippen LogP) is -0.145. The second kappa shape index (κ2) is 3.21. The van der Waals surface area contributed by atoms with E-state index < -0.39 is 0 Å². The second-order valence-electron chi connectivity index (χ2n) is 4.70. The predicted molar refractivity (Wildman–Crippen MR) is 54.8 cm³/mol. The average molecular weight is 197 g/mol. The molecule has 0 saturated carbocycles. The third kappa shape index (κ3) is 1.25. The lowest BCUT2D eigenvalue weighted by atomic mass is 9.85. The Morgan fingerprint density at radius 3 is 2.57 bits per heavy atom. The van der Waals surface area contributed by atoms with Crippen molar-refractivity contribution in [3.63, 3.8) is 0 Å². The molecule has 1 amide bonds. The number of carbonyl (C=O) groups is 1. The number of piperazine rings is 1. The average Bonchev–Trinajstić information content (AvgIpc) is 2.10. The molecular formula is C10H19N3O. The smallest absolute Gasteiger partial charge is 0.241 e. The molecule has 0 spiro atoms. The van der Waals surface area contributed by atoms with Crippen LogP contribution in [0.3, 0.4) is 0 Å². The number of fused-ring (bicyclic) bond motifs is 2. The van der Waals surface area contributed by atoms with E-state index in [9.17, 15) is 4.79 Å². The van der Waals surface area contributed by atoms with E-state index in [1.54, 1.807) is 0 Å². The lowest BCUT2D eigenvalue weighted by Crippen LogP contribution is -2.77. The van der Waals surface area contributed by atoms with Gasteiger partial charge in [-0.1, -0.05) is 0 Å². The van der Waals surface area contributed by atoms with Crippen LogP contribution in [0.5, 0.6) is 0 Å². The first kappa shape index (κ1) is 9.93. The molecule has 0 aromatic heterocycles. The standard InChI is InChI=1S/C10H19N3O/c1-6(2)11-9-7-5-8(12(7)3)10(14)13(9)4/h6-9,11H,5H2,1-4H3. The topological polar surface area (TPSA) is 35.6 Å². The summed E-state index contributed by atoms with van der Waals surface area (Å²) >= 11 is 0. The van der Waals surface area contributed by atoms with Gasteiger partial charge in [0.25, 0.3) is 0 Å². The highest BCUT2D eigenvalue weighted by Gasteiger charge is 2.52. The largest absolute Gasteiger partial charge is 0.327 e. The van der Waals surface area contributed by atoms with Gasteiger partial charge in [0.15, 0.2) is 0 Å². The first-order chi connectivity index (χ1) is 6.52. The molecule has 0 aromatic carbocycles. The lowest BCUT2D eigenvalue weighted by molar-refractivity contribution is -0.166. The molecule has 3 aliphatic heterocycles. The van der Waals surface area contributed by atoms with Crippen LogP contribution >= 0.6 is 0 Å². The Hall–Kier alpha value is -0.610. The summed E-state index contributed by atoms with van der Waals surface area (Å²) in [6.45, 7) is 4.23. The van der Waals surface area contributed by atoms with E-state index in [1.165, 1.54) is 0 Å². The van der Waals surface area contributed by atoms with Gasteiger partial charge in [0, 0.05) is 19.1 Å². The Morgan fingerprint density at radius 2 is 2.07 bits per heavy atom. The SMILES string of the molecule is CC(C)NC1C2CC(C(=O)N1C)N2C. The molecule has 3 aliphatic rings. The van der Waals surface area contributed by atoms with E-state index in [2.05, 4.69) is 24.1 Å². The molecule has 3 fully saturated rings. The molecule has 0 aliphatic carbocycles. The van der Waals surface area contributed by atoms with Crippen LogP contribution in [0.25, 0.3) is 0 Å². The Balaban J connectivity index is 2.11. The van der Waals surface area contributed by atoms with Crippen molar-refractivity contribution in [3.05, 3.63) is 0 Å². The van der Waals surface area contributed by atoms with Gasteiger partial charge in [-0.15, -0.1) is 0 Å². The van der Waals surface area contributed by atoms with Crippen LogP contribution in [0.2, 0.25) is 0 Å². The molecule has 3 unspecified atom stereocenters. The molecule has 3 saturated heterocycles. The molecule has 3 atom stereocenters. The zero-order chi connectivity index (χ0) is 10.5. The van der Waals surface area contributed by atoms with Gasteiger partial charge in [-0.3, -0.25) is 15.0 Å². The molecule has 0 aromatic rings. The maximum Gasteiger partial charge on any atom is 0.241 e. The van der Waals surface area contributed by atoms with Crippen molar-refractivity contribution in [2.75, 3.05) is 14.1 Å². The van der Waals surface area contributed by atoms with Crippen LogP contribution < -0.4 is 5.32 Å². The van der Waals surface area contributed by atoms with E-state index >= 15 is 0 Å². The summed E-state index contributed by atoms with van der Waals surface area (Å²) < 4.78 is 0. The highest BCUT2D eigenvalue weighted by molar-refractivity contribution is 5.84. The zero-order valence-electron chi connectivity index (χ0n) is 9.32. The fraction of sp³-hybridized carbons (Fsp3) is 0.900. The molecule has 14 heavy (non-hydrogen) atoms. The first-order valence-corrected chi connectivity index (χ1v) is 5.27. The van der Waals surface area contributed by atoms with Gasteiger partial charge in [-0.05, 0) is 27.3 Å². The van der Waals surface area contributed by atoms with Crippen LogP contribution in [-0.4, -0.2) is 54.1 Å². The summed E-state index contributed by atoms with van der Waals surface area (Å²) in [5, 5.41) is 3.44. The maximum absolute atomic E-state index is 11.8. The van der Waals surface area contributed by atoms with Gasteiger partial charge in [-0.2, -0.15) is 0 Å². The summed E-state index contributed by atoms with van der Waals surface area (Å²) in [5.74, 6) is 0.258. The van der Waals surface area contributed by atoms with Gasteiger partial charge in [0.05, 0.1) is 12.2 Å². The molecule has 1 N–H and O–H groups in total. The summed E-state index contributed by atoms with van der Waals surface area (Å²) in [5.41, 5.74) is 0. The minimum absolute atomic E-state index is 0.148. The number of nitrogens with one attached hydrogen (secondary N) is 1. The van der Waals surface area contributed by atoms with Crippen LogP contribution in [0.1, 0.15) is 20.3 Å². The fourth-order valence-electron chi connectivity index (χ4n) is 2.48. The second-order valence-corrected chi connectivity index (χ2v) is 4.70. The van der Waals surface area contributed by atoms with Crippen molar-refractivity contribution in [2.45, 2.75) is 44.6 Å². The number of rotatable bonds is 2. The summed E-state index contributed by atoms with van der Waals surface area (Å²) in [6.07, 6.45) is 1.21. The van der Waals surface area contributed by atoms with Crippen LogP contribution in [0, 0.1) is 0 Å². The Bertz CT molecular complexity index is 254. The monoisotopic (exact) mass is 197 g/mol. The number of amides is 1. The minimum Gasteiger partial charge on any atom is -0.327 e. The number of carbonyl (C=O) groups excluding carboxylic acids is 1. The lowest BCUT2D eigenvalue weighted by Gasteiger charge is -2.57. The molecule has 80 valence electrons. The molecule has 2 bridgehead atoms. The maximum atomic E-state index is 11.8. The first-order valence-electron chi connectivity index (χ1n) is 5.27. The van der Waals surface area contributed by atoms with E-state index in [0.29, 0.717) is 12.1 Å². The minimum atomic E-state index is 0.148. The molecule has 3 rings (SSSR count). The van der Waals surface area contributed by atoms with Gasteiger partial charge >= 0.3 is 0 Å². The van der Waals surface area contributed by atoms with Crippen LogP contribution in [-0.2, 0) is 4.79 Å². The Kier molecular flexibility index (Phi) is 2.27. The quantitative estimate of drug-likeness (QED) is 0.669. The Morgan fingerprint density at radius 1 is 1.43 bits per heavy atom. The van der Waals surface area contributed by atoms with Crippen molar-refractivity contribution in [1.82, 2.24) is 15.1 Å². The molecule has 4 heteroatoms. The number of nitrogens with zero attached hydrogens (tertiary/aromatic N) is 2. The number of likely N-dealkylation sites (N-methyl/N-ethyl adjacent to an activating group) is 2. The molecular weight excluding hydrogens is 178 g/mol. The number of hydrogen-bond donors (Lipinski definition) is 1. The normalized spacial score (nSPS) is 37.6. The zero-order valence-corrected chi connectivity index (χ0v) is 9.32. The van der Waals surface area contributed by atoms with Crippen LogP contribution in [0.15, 0.2) is 0 Å². The summed E-state index contributed by atoms with van der Waals surface area (Å²) in [7, 11) is 3.94. The van der Waals surface area contributed by atoms with Crippen molar-refractivity contribution >= 4 is 5.91 Å². The van der Waals surface area contributed by atoms with E-state index in [-0.39, 0.29) is 18.1 Å². The third-order valence-electron chi connectivity index (χ3n) is 3.40. The van der Waals surface area contributed by atoms with E-state index in [1.807, 2.05) is 19.0 Å². The van der Waals surface area contributed by atoms with Gasteiger partial charge in [-0.25, -0.2) is 0 Å². The van der Waals surface area contributed by atoms with Gasteiger partial charge in [0.2, 0.25) is 5.91 Å². The Labute approximate surface area is 85.2 Å². The highest BCUT2D eigenvalue weighted by atomic mass is 16.2. The third-order valence-corrected chi connectivity index (χ3v) is 3.40. The van der Waals surface area contributed by atoms with E-state index in [4.69, 9.17) is 0 Å². The van der Waals surface area contributed by atoms with Crippen molar-refractivity contribution in [3.8, 4) is 0 Å². The van der Waals surface area contributed by atoms with Crippen molar-refractivity contribution < 1.29 is 4.79 Å². The van der Waals surface area contributed by atoms with Gasteiger partial charge < -0.3 is 4.90 Å². The molecule has 0 radical (unpaired) electrons. The number of hydrogen-bond acceptors (Lipinski definition) is 3. The van der Waals surface area contributed by atoms with E-state index in [0.717, 1.165) is 6.42 Å².